The summed E-state index contributed by atoms with van der Waals surface area (Å²) in [7, 11) is 3.79. The van der Waals surface area contributed by atoms with Crippen LogP contribution in [0.2, 0.25) is 18.6 Å². The molecule has 0 spiro atoms. The van der Waals surface area contributed by atoms with Gasteiger partial charge < -0.3 is 20.4 Å². The van der Waals surface area contributed by atoms with Gasteiger partial charge in [0.25, 0.3) is 0 Å². The van der Waals surface area contributed by atoms with Gasteiger partial charge in [-0.15, -0.1) is 0 Å². The second kappa shape index (κ2) is 26.6. The van der Waals surface area contributed by atoms with Crippen molar-refractivity contribution >= 4 is 57.1 Å². The molecule has 2 aliphatic carbocycles. The number of nitrogens with zero attached hydrogens (tertiary/aromatic N) is 8. The molecule has 0 saturated carbocycles. The van der Waals surface area contributed by atoms with Crippen LogP contribution in [0.4, 0.5) is 11.6 Å². The molecule has 66 heavy (non-hydrogen) atoms. The third-order valence-corrected chi connectivity index (χ3v) is 27.3. The molecule has 14 heteroatoms. The first kappa shape index (κ1) is 54.7. The zero-order valence-corrected chi connectivity index (χ0v) is 45.9. The molecule has 0 atom stereocenters. The Kier molecular flexibility index (Phi) is 22.0. The third-order valence-electron chi connectivity index (χ3n) is 11.9. The maximum absolute atomic E-state index is 12.4. The van der Waals surface area contributed by atoms with Crippen LogP contribution in [0.3, 0.4) is 0 Å². The van der Waals surface area contributed by atoms with E-state index in [0.717, 1.165) is 85.6 Å². The molecule has 0 fully saturated rings. The molecular weight excluding hydrogens is 951 g/mol. The largest absolute Gasteiger partial charge is 0.350 e. The average molecular weight is 1030 g/mol. The van der Waals surface area contributed by atoms with Crippen LogP contribution in [0.25, 0.3) is 11.5 Å². The summed E-state index contributed by atoms with van der Waals surface area (Å²) in [4.78, 5) is 55.6. The summed E-state index contributed by atoms with van der Waals surface area (Å²) in [6.07, 6.45) is 20.4. The molecule has 2 amide bonds. The monoisotopic (exact) mass is 1030 g/mol. The quantitative estimate of drug-likeness (QED) is 0.0775. The summed E-state index contributed by atoms with van der Waals surface area (Å²) in [6, 6.07) is 12.4. The number of halogens is 1. The fraction of sp³-hybridized carbons (Fsp3) is 0.615. The van der Waals surface area contributed by atoms with Crippen LogP contribution in [0, 0.1) is 0 Å². The Bertz CT molecular complexity index is 2090. The first-order valence-electron chi connectivity index (χ1n) is 24.7. The van der Waals surface area contributed by atoms with E-state index < -0.39 is 18.4 Å². The number of anilines is 2. The van der Waals surface area contributed by atoms with Gasteiger partial charge in [0, 0.05) is 48.2 Å². The number of unbranched alkanes of at least 4 members (excludes halogenated alkanes) is 3. The first-order chi connectivity index (χ1) is 31.4. The number of fused-ring (bicyclic) bond motifs is 2. The maximum atomic E-state index is 12.4. The minimum atomic E-state index is -2.21. The Balaban J connectivity index is 0.000000220. The zero-order valence-electron chi connectivity index (χ0n) is 42.3. The predicted molar refractivity (Wildman–Crippen MR) is 277 cm³/mol. The predicted octanol–water partition coefficient (Wildman–Crippen LogP) is 10.3. The smallest absolute Gasteiger partial charge is 0.239 e. The number of nitrogens with one attached hydrogen (secondary N) is 2. The van der Waals surface area contributed by atoms with Crippen LogP contribution in [0.1, 0.15) is 149 Å². The van der Waals surface area contributed by atoms with Gasteiger partial charge in [-0.2, -0.15) is 0 Å². The van der Waals surface area contributed by atoms with E-state index in [2.05, 4.69) is 64.6 Å². The maximum Gasteiger partial charge on any atom is 0.239 e. The van der Waals surface area contributed by atoms with Gasteiger partial charge in [0.15, 0.2) is 5.82 Å². The SMILES string of the molecule is CCC[CH2][Sn]([CH2]CCC)([CH2]CCC)[c]1ccccn1.CN(CC(=O)NC(C)(C)C)c1nc(-c2ccccn2)nc2c1CCCC2.CN(CC(=O)NC(C)(C)C)c1nc(Cl)nc2c1CCCC2. The fourth-order valence-corrected chi connectivity index (χ4v) is 24.5. The van der Waals surface area contributed by atoms with Gasteiger partial charge in [-0.25, -0.2) is 19.9 Å². The summed E-state index contributed by atoms with van der Waals surface area (Å²) in [5.74, 6) is 2.23. The number of aryl methyl sites for hydroxylation is 2. The van der Waals surface area contributed by atoms with Crippen molar-refractivity contribution in [2.45, 2.75) is 177 Å². The van der Waals surface area contributed by atoms with Gasteiger partial charge in [0.1, 0.15) is 17.3 Å². The number of carbonyl (C=O) groups excluding carboxylic acids is 2. The standard InChI is InChI=1S/C20H27N5O.C15H23ClN4O.C5H4N.3C4H9.Sn/c1-20(2,3)24-17(26)13-25(4)19-14-9-5-6-10-15(14)22-18(23-19)16-11-7-8-12-21-16;1-15(2,3)19-12(21)9-20(4)13-10-7-5-6-8-11(10)17-14(16)18-13;1-2-4-6-5-3-1;3*1-3-4-2;/h7-8,11-12H,5-6,9-10,13H2,1-4H3,(H,24,26);5-9H2,1-4H3,(H,19,21);1-4H;3*1,3-4H2,2H3;. The summed E-state index contributed by atoms with van der Waals surface area (Å²) >= 11 is 3.81. The van der Waals surface area contributed by atoms with E-state index in [1.807, 2.05) is 89.8 Å². The number of hydrogen-bond donors (Lipinski definition) is 2. The summed E-state index contributed by atoms with van der Waals surface area (Å²) in [6.45, 7) is 19.4. The number of aromatic nitrogens is 6. The Labute approximate surface area is 406 Å². The van der Waals surface area contributed by atoms with Crippen molar-refractivity contribution in [2.24, 2.45) is 0 Å². The van der Waals surface area contributed by atoms with Gasteiger partial charge in [-0.1, -0.05) is 6.07 Å². The van der Waals surface area contributed by atoms with Crippen LogP contribution in [0.5, 0.6) is 0 Å². The molecule has 0 radical (unpaired) electrons. The molecule has 0 aromatic carbocycles. The van der Waals surface area contributed by atoms with E-state index in [-0.39, 0.29) is 41.3 Å². The molecule has 4 aromatic rings. The molecule has 0 aliphatic heterocycles. The Morgan fingerprint density at radius 3 is 1.52 bits per heavy atom. The van der Waals surface area contributed by atoms with Crippen LogP contribution < -0.4 is 24.1 Å². The van der Waals surface area contributed by atoms with Crippen LogP contribution >= 0.6 is 11.6 Å². The molecule has 4 aromatic heterocycles. The van der Waals surface area contributed by atoms with Crippen molar-refractivity contribution in [1.29, 1.82) is 0 Å². The van der Waals surface area contributed by atoms with E-state index in [1.54, 1.807) is 9.91 Å². The zero-order chi connectivity index (χ0) is 48.3. The van der Waals surface area contributed by atoms with E-state index >= 15 is 0 Å². The van der Waals surface area contributed by atoms with Gasteiger partial charge >= 0.3 is 124 Å². The topological polar surface area (TPSA) is 142 Å². The average Bonchev–Trinajstić information content (AvgIpc) is 3.28. The fourth-order valence-electron chi connectivity index (χ4n) is 8.84. The van der Waals surface area contributed by atoms with Crippen LogP contribution in [0.15, 0.2) is 48.8 Å². The first-order valence-corrected chi connectivity index (χ1v) is 32.6. The number of amides is 2. The molecule has 12 nitrogen and oxygen atoms in total. The van der Waals surface area contributed by atoms with Crippen molar-refractivity contribution in [3.8, 4) is 11.5 Å². The molecule has 0 bridgehead atoms. The van der Waals surface area contributed by atoms with Crippen molar-refractivity contribution in [3.05, 3.63) is 76.6 Å². The van der Waals surface area contributed by atoms with Gasteiger partial charge in [-0.3, -0.25) is 14.6 Å². The number of rotatable bonds is 17. The number of carbonyl (C=O) groups is 2. The van der Waals surface area contributed by atoms with E-state index in [4.69, 9.17) is 26.6 Å². The third kappa shape index (κ3) is 17.6. The van der Waals surface area contributed by atoms with E-state index in [9.17, 15) is 9.59 Å². The van der Waals surface area contributed by atoms with Crippen molar-refractivity contribution in [2.75, 3.05) is 37.0 Å². The molecule has 2 N–H and O–H groups in total. The number of hydrogen-bond acceptors (Lipinski definition) is 10. The molecule has 362 valence electrons. The Morgan fingerprint density at radius 2 is 1.08 bits per heavy atom. The van der Waals surface area contributed by atoms with E-state index in [1.165, 1.54) is 57.4 Å². The van der Waals surface area contributed by atoms with E-state index in [0.29, 0.717) is 5.82 Å². The Morgan fingerprint density at radius 1 is 0.621 bits per heavy atom. The Hall–Kier alpha value is -3.91. The van der Waals surface area contributed by atoms with Crippen molar-refractivity contribution < 1.29 is 9.59 Å². The van der Waals surface area contributed by atoms with Crippen molar-refractivity contribution in [3.63, 3.8) is 0 Å². The number of pyridine rings is 2. The minimum absolute atomic E-state index is 0.0115. The minimum Gasteiger partial charge on any atom is -0.350 e. The molecule has 0 unspecified atom stereocenters. The van der Waals surface area contributed by atoms with Gasteiger partial charge in [0.05, 0.1) is 18.8 Å². The van der Waals surface area contributed by atoms with Crippen molar-refractivity contribution in [1.82, 2.24) is 40.5 Å². The summed E-state index contributed by atoms with van der Waals surface area (Å²) < 4.78 is 6.10. The second-order valence-corrected chi connectivity index (χ2v) is 33.7. The molecular formula is C52H81ClN10O2Sn. The van der Waals surface area contributed by atoms with Crippen LogP contribution in [-0.2, 0) is 35.3 Å². The van der Waals surface area contributed by atoms with Crippen LogP contribution in [-0.4, -0.2) is 98.4 Å². The van der Waals surface area contributed by atoms with Gasteiger partial charge in [0.2, 0.25) is 17.1 Å². The summed E-state index contributed by atoms with van der Waals surface area (Å²) in [5.41, 5.74) is 4.70. The molecule has 6 rings (SSSR count). The molecule has 4 heterocycles. The second-order valence-electron chi connectivity index (χ2n) is 20.3. The molecule has 0 saturated heterocycles. The summed E-state index contributed by atoms with van der Waals surface area (Å²) in [5, 5.41) is 6.23. The normalized spacial score (nSPS) is 13.5. The number of likely N-dealkylation sites (N-methyl/N-ethyl adjacent to an activating group) is 2. The molecule has 2 aliphatic rings. The van der Waals surface area contributed by atoms with Gasteiger partial charge in [-0.05, 0) is 117 Å².